The molecule has 1 aliphatic rings. The first-order valence-electron chi connectivity index (χ1n) is 6.17. The maximum atomic E-state index is 12.2. The van der Waals surface area contributed by atoms with Crippen molar-refractivity contribution in [3.05, 3.63) is 27.1 Å². The zero-order valence-electron chi connectivity index (χ0n) is 10.3. The highest BCUT2D eigenvalue weighted by molar-refractivity contribution is 9.11. The molecule has 0 radical (unpaired) electrons. The van der Waals surface area contributed by atoms with Gasteiger partial charge in [-0.15, -0.1) is 0 Å². The predicted octanol–water partition coefficient (Wildman–Crippen LogP) is 2.63. The predicted molar refractivity (Wildman–Crippen MR) is 82.7 cm³/mol. The zero-order chi connectivity index (χ0) is 13.9. The highest BCUT2D eigenvalue weighted by atomic mass is 79.9. The molecule has 0 saturated carbocycles. The van der Waals surface area contributed by atoms with Crippen LogP contribution in [0, 0.1) is 0 Å². The van der Waals surface area contributed by atoms with Gasteiger partial charge in [0, 0.05) is 21.5 Å². The molecule has 0 aliphatic carbocycles. The van der Waals surface area contributed by atoms with Gasteiger partial charge in [-0.2, -0.15) is 0 Å². The first kappa shape index (κ1) is 15.4. The van der Waals surface area contributed by atoms with E-state index in [1.54, 1.807) is 18.2 Å². The van der Waals surface area contributed by atoms with Crippen LogP contribution in [0.15, 0.2) is 32.0 Å². The Morgan fingerprint density at radius 2 is 2.11 bits per heavy atom. The number of sulfonamides is 1. The Kier molecular flexibility index (Phi) is 5.42. The second-order valence-corrected chi connectivity index (χ2v) is 8.08. The average molecular weight is 412 g/mol. The molecule has 1 fully saturated rings. The Hall–Kier alpha value is 0.0500. The molecule has 4 nitrogen and oxygen atoms in total. The second-order valence-electron chi connectivity index (χ2n) is 4.57. The maximum Gasteiger partial charge on any atom is 0.241 e. The standard InChI is InChI=1S/C12H16Br2N2O2S/c13-9-4-5-12(11(14)7-9)19(17,18)16-8-10-3-1-2-6-15-10/h4-5,7,10,15-16H,1-3,6,8H2. The average Bonchev–Trinajstić information content (AvgIpc) is 2.37. The fraction of sp³-hybridized carbons (Fsp3) is 0.500. The van der Waals surface area contributed by atoms with E-state index in [0.29, 0.717) is 11.0 Å². The third-order valence-corrected chi connectivity index (χ3v) is 6.01. The molecule has 1 aliphatic heterocycles. The van der Waals surface area contributed by atoms with Gasteiger partial charge in [0.2, 0.25) is 10.0 Å². The molecule has 1 unspecified atom stereocenters. The van der Waals surface area contributed by atoms with E-state index < -0.39 is 10.0 Å². The van der Waals surface area contributed by atoms with Crippen LogP contribution < -0.4 is 10.0 Å². The molecule has 7 heteroatoms. The summed E-state index contributed by atoms with van der Waals surface area (Å²) < 4.78 is 28.5. The van der Waals surface area contributed by atoms with Crippen LogP contribution in [-0.2, 0) is 10.0 Å². The third kappa shape index (κ3) is 4.26. The van der Waals surface area contributed by atoms with E-state index in [1.807, 2.05) is 0 Å². The molecule has 1 aromatic rings. The lowest BCUT2D eigenvalue weighted by atomic mass is 10.1. The Balaban J connectivity index is 2.05. The van der Waals surface area contributed by atoms with Gasteiger partial charge in [0.25, 0.3) is 0 Å². The topological polar surface area (TPSA) is 58.2 Å². The molecule has 2 rings (SSSR count). The Morgan fingerprint density at radius 3 is 2.74 bits per heavy atom. The van der Waals surface area contributed by atoms with Crippen LogP contribution >= 0.6 is 31.9 Å². The van der Waals surface area contributed by atoms with Crippen molar-refractivity contribution in [1.29, 1.82) is 0 Å². The van der Waals surface area contributed by atoms with Gasteiger partial charge in [-0.3, -0.25) is 0 Å². The van der Waals surface area contributed by atoms with Crippen molar-refractivity contribution in [2.24, 2.45) is 0 Å². The SMILES string of the molecule is O=S(=O)(NCC1CCCCN1)c1ccc(Br)cc1Br. The fourth-order valence-electron chi connectivity index (χ4n) is 2.08. The number of benzene rings is 1. The molecule has 0 bridgehead atoms. The summed E-state index contributed by atoms with van der Waals surface area (Å²) in [5, 5.41) is 3.32. The second kappa shape index (κ2) is 6.67. The third-order valence-electron chi connectivity index (χ3n) is 3.12. The molecule has 1 aromatic carbocycles. The first-order chi connectivity index (χ1) is 8.99. The molecule has 19 heavy (non-hydrogen) atoms. The van der Waals surface area contributed by atoms with E-state index in [0.717, 1.165) is 23.9 Å². The summed E-state index contributed by atoms with van der Waals surface area (Å²) in [5.41, 5.74) is 0. The monoisotopic (exact) mass is 410 g/mol. The minimum Gasteiger partial charge on any atom is -0.313 e. The van der Waals surface area contributed by atoms with Gasteiger partial charge >= 0.3 is 0 Å². The Bertz CT molecular complexity index is 543. The molecule has 0 aromatic heterocycles. The van der Waals surface area contributed by atoms with E-state index in [4.69, 9.17) is 0 Å². The van der Waals surface area contributed by atoms with Crippen LogP contribution in [0.3, 0.4) is 0 Å². The summed E-state index contributed by atoms with van der Waals surface area (Å²) in [6, 6.07) is 5.27. The van der Waals surface area contributed by atoms with Gasteiger partial charge in [-0.1, -0.05) is 22.4 Å². The van der Waals surface area contributed by atoms with Gasteiger partial charge < -0.3 is 5.32 Å². The van der Waals surface area contributed by atoms with Gasteiger partial charge in [-0.25, -0.2) is 13.1 Å². The largest absolute Gasteiger partial charge is 0.313 e. The highest BCUT2D eigenvalue weighted by Gasteiger charge is 2.20. The summed E-state index contributed by atoms with van der Waals surface area (Å²) in [6.07, 6.45) is 3.34. The first-order valence-corrected chi connectivity index (χ1v) is 9.24. The van der Waals surface area contributed by atoms with Gasteiger partial charge in [-0.05, 0) is 53.5 Å². The molecule has 2 N–H and O–H groups in total. The highest BCUT2D eigenvalue weighted by Crippen LogP contribution is 2.25. The van der Waals surface area contributed by atoms with E-state index in [1.165, 1.54) is 6.42 Å². The van der Waals surface area contributed by atoms with E-state index in [2.05, 4.69) is 41.9 Å². The van der Waals surface area contributed by atoms with Gasteiger partial charge in [0.05, 0.1) is 4.90 Å². The van der Waals surface area contributed by atoms with Crippen molar-refractivity contribution < 1.29 is 8.42 Å². The molecule has 0 spiro atoms. The lowest BCUT2D eigenvalue weighted by Crippen LogP contribution is -2.43. The lowest BCUT2D eigenvalue weighted by molar-refractivity contribution is 0.398. The van der Waals surface area contributed by atoms with Crippen LogP contribution in [0.2, 0.25) is 0 Å². The van der Waals surface area contributed by atoms with Crippen LogP contribution in [-0.4, -0.2) is 27.5 Å². The van der Waals surface area contributed by atoms with E-state index in [9.17, 15) is 8.42 Å². The molecule has 1 saturated heterocycles. The minimum atomic E-state index is -3.46. The van der Waals surface area contributed by atoms with Crippen molar-refractivity contribution in [2.75, 3.05) is 13.1 Å². The van der Waals surface area contributed by atoms with Crippen molar-refractivity contribution in [2.45, 2.75) is 30.2 Å². The van der Waals surface area contributed by atoms with Crippen molar-refractivity contribution in [1.82, 2.24) is 10.0 Å². The molecular formula is C12H16Br2N2O2S. The number of hydrogen-bond donors (Lipinski definition) is 2. The van der Waals surface area contributed by atoms with Crippen molar-refractivity contribution in [3.63, 3.8) is 0 Å². The zero-order valence-corrected chi connectivity index (χ0v) is 14.3. The fourth-order valence-corrected chi connectivity index (χ4v) is 4.90. The number of piperidine rings is 1. The summed E-state index contributed by atoms with van der Waals surface area (Å²) in [4.78, 5) is 0.270. The Labute approximate surface area is 130 Å². The number of nitrogens with one attached hydrogen (secondary N) is 2. The number of rotatable bonds is 4. The van der Waals surface area contributed by atoms with Gasteiger partial charge in [0.15, 0.2) is 0 Å². The van der Waals surface area contributed by atoms with Crippen LogP contribution in [0.5, 0.6) is 0 Å². The molecular weight excluding hydrogens is 396 g/mol. The molecule has 1 heterocycles. The number of hydrogen-bond acceptors (Lipinski definition) is 3. The van der Waals surface area contributed by atoms with Crippen molar-refractivity contribution in [3.8, 4) is 0 Å². The maximum absolute atomic E-state index is 12.2. The smallest absolute Gasteiger partial charge is 0.241 e. The molecule has 1 atom stereocenters. The van der Waals surface area contributed by atoms with Crippen LogP contribution in [0.1, 0.15) is 19.3 Å². The quantitative estimate of drug-likeness (QED) is 0.800. The van der Waals surface area contributed by atoms with Crippen molar-refractivity contribution >= 4 is 41.9 Å². The minimum absolute atomic E-state index is 0.234. The summed E-state index contributed by atoms with van der Waals surface area (Å²) >= 11 is 6.59. The lowest BCUT2D eigenvalue weighted by Gasteiger charge is -2.23. The summed E-state index contributed by atoms with van der Waals surface area (Å²) in [5.74, 6) is 0. The van der Waals surface area contributed by atoms with Crippen LogP contribution in [0.25, 0.3) is 0 Å². The van der Waals surface area contributed by atoms with Crippen LogP contribution in [0.4, 0.5) is 0 Å². The number of halogens is 2. The van der Waals surface area contributed by atoms with Gasteiger partial charge in [0.1, 0.15) is 0 Å². The summed E-state index contributed by atoms with van der Waals surface area (Å²) in [6.45, 7) is 1.40. The normalized spacial score (nSPS) is 20.4. The van der Waals surface area contributed by atoms with E-state index in [-0.39, 0.29) is 10.9 Å². The van der Waals surface area contributed by atoms with E-state index >= 15 is 0 Å². The molecule has 106 valence electrons. The Morgan fingerprint density at radius 1 is 1.32 bits per heavy atom. The summed E-state index contributed by atoms with van der Waals surface area (Å²) in [7, 11) is -3.46. The molecule has 0 amide bonds.